The van der Waals surface area contributed by atoms with E-state index in [1.165, 1.54) is 11.8 Å². The highest BCUT2D eigenvalue weighted by molar-refractivity contribution is 9.10. The van der Waals surface area contributed by atoms with Gasteiger partial charge in [-0.05, 0) is 60.7 Å². The average Bonchev–Trinajstić information content (AvgIpc) is 2.61. The Kier molecular flexibility index (Phi) is 7.11. The predicted molar refractivity (Wildman–Crippen MR) is 110 cm³/mol. The number of rotatable bonds is 5. The second-order valence-electron chi connectivity index (χ2n) is 5.37. The van der Waals surface area contributed by atoms with Crippen molar-refractivity contribution in [2.75, 3.05) is 23.9 Å². The lowest BCUT2D eigenvalue weighted by atomic mass is 10.2. The van der Waals surface area contributed by atoms with Crippen LogP contribution >= 0.6 is 28.1 Å². The van der Waals surface area contributed by atoms with Gasteiger partial charge in [0.1, 0.15) is 5.75 Å². The molecule has 0 saturated heterocycles. The van der Waals surface area contributed by atoms with Crippen LogP contribution in [0.4, 0.5) is 11.4 Å². The number of hydrogen-bond acceptors (Lipinski definition) is 4. The van der Waals surface area contributed by atoms with Crippen molar-refractivity contribution < 1.29 is 14.3 Å². The van der Waals surface area contributed by atoms with Crippen LogP contribution in [0.1, 0.15) is 6.92 Å². The number of nitrogens with zero attached hydrogens (tertiary/aromatic N) is 1. The molecule has 2 amide bonds. The molecule has 0 atom stereocenters. The molecule has 6 nitrogen and oxygen atoms in total. The summed E-state index contributed by atoms with van der Waals surface area (Å²) < 4.78 is 6.31. The van der Waals surface area contributed by atoms with Crippen LogP contribution in [-0.2, 0) is 9.59 Å². The minimum Gasteiger partial charge on any atom is -0.484 e. The lowest BCUT2D eigenvalue weighted by Gasteiger charge is -2.16. The van der Waals surface area contributed by atoms with Crippen molar-refractivity contribution in [3.63, 3.8) is 0 Å². The Morgan fingerprint density at radius 3 is 2.31 bits per heavy atom. The summed E-state index contributed by atoms with van der Waals surface area (Å²) in [7, 11) is 1.70. The Hall–Kier alpha value is -2.45. The van der Waals surface area contributed by atoms with E-state index in [1.807, 2.05) is 12.1 Å². The zero-order valence-corrected chi connectivity index (χ0v) is 16.7. The standard InChI is InChI=1S/C18H18BrN3O3S/c1-12(23)22(2)15-7-5-14(6-8-15)20-18(26)21-17(24)11-25-16-9-3-13(19)4-10-16/h3-10H,11H2,1-2H3,(H2,20,21,24,26). The Labute approximate surface area is 165 Å². The highest BCUT2D eigenvalue weighted by Gasteiger charge is 2.08. The fourth-order valence-electron chi connectivity index (χ4n) is 1.95. The van der Waals surface area contributed by atoms with Gasteiger partial charge in [0.15, 0.2) is 11.7 Å². The van der Waals surface area contributed by atoms with Gasteiger partial charge in [-0.1, -0.05) is 15.9 Å². The van der Waals surface area contributed by atoms with Crippen LogP contribution in [0.25, 0.3) is 0 Å². The van der Waals surface area contributed by atoms with Gasteiger partial charge in [-0.15, -0.1) is 0 Å². The second kappa shape index (κ2) is 9.30. The van der Waals surface area contributed by atoms with Crippen LogP contribution < -0.4 is 20.3 Å². The summed E-state index contributed by atoms with van der Waals surface area (Å²) >= 11 is 8.45. The van der Waals surface area contributed by atoms with Gasteiger partial charge in [0.2, 0.25) is 5.91 Å². The zero-order chi connectivity index (χ0) is 19.1. The van der Waals surface area contributed by atoms with E-state index in [-0.39, 0.29) is 23.5 Å². The van der Waals surface area contributed by atoms with Gasteiger partial charge in [0.25, 0.3) is 5.91 Å². The average molecular weight is 436 g/mol. The van der Waals surface area contributed by atoms with Crippen LogP contribution in [0.3, 0.4) is 0 Å². The molecule has 0 aliphatic rings. The number of benzene rings is 2. The lowest BCUT2D eigenvalue weighted by molar-refractivity contribution is -0.121. The molecule has 0 aliphatic heterocycles. The topological polar surface area (TPSA) is 70.7 Å². The maximum atomic E-state index is 11.9. The van der Waals surface area contributed by atoms with E-state index < -0.39 is 0 Å². The van der Waals surface area contributed by atoms with Gasteiger partial charge in [0, 0.05) is 29.8 Å². The highest BCUT2D eigenvalue weighted by atomic mass is 79.9. The van der Waals surface area contributed by atoms with E-state index in [0.29, 0.717) is 11.4 Å². The molecule has 26 heavy (non-hydrogen) atoms. The molecule has 2 aromatic rings. The monoisotopic (exact) mass is 435 g/mol. The number of anilines is 2. The van der Waals surface area contributed by atoms with Crippen molar-refractivity contribution in [3.8, 4) is 5.75 Å². The zero-order valence-electron chi connectivity index (χ0n) is 14.3. The maximum Gasteiger partial charge on any atom is 0.264 e. The Balaban J connectivity index is 1.81. The molecule has 2 rings (SSSR count). The Morgan fingerprint density at radius 1 is 1.12 bits per heavy atom. The molecular formula is C18H18BrN3O3S. The number of carbonyl (C=O) groups excluding carboxylic acids is 2. The highest BCUT2D eigenvalue weighted by Crippen LogP contribution is 2.17. The first kappa shape index (κ1) is 19.9. The molecule has 0 saturated carbocycles. The molecule has 0 bridgehead atoms. The molecule has 2 N–H and O–H groups in total. The Bertz CT molecular complexity index is 794. The molecule has 0 fully saturated rings. The molecule has 0 unspecified atom stereocenters. The van der Waals surface area contributed by atoms with Gasteiger partial charge < -0.3 is 15.0 Å². The smallest absolute Gasteiger partial charge is 0.264 e. The SMILES string of the molecule is CC(=O)N(C)c1ccc(NC(=S)NC(=O)COc2ccc(Br)cc2)cc1. The normalized spacial score (nSPS) is 9.96. The lowest BCUT2D eigenvalue weighted by Crippen LogP contribution is -2.37. The van der Waals surface area contributed by atoms with Crippen LogP contribution in [0.2, 0.25) is 0 Å². The second-order valence-corrected chi connectivity index (χ2v) is 6.69. The van der Waals surface area contributed by atoms with Crippen LogP contribution in [0.5, 0.6) is 5.75 Å². The van der Waals surface area contributed by atoms with Crippen LogP contribution in [-0.4, -0.2) is 30.6 Å². The van der Waals surface area contributed by atoms with E-state index in [9.17, 15) is 9.59 Å². The molecule has 0 aliphatic carbocycles. The summed E-state index contributed by atoms with van der Waals surface area (Å²) in [4.78, 5) is 24.8. The fourth-order valence-corrected chi connectivity index (χ4v) is 2.45. The number of halogens is 1. The predicted octanol–water partition coefficient (Wildman–Crippen LogP) is 3.32. The number of ether oxygens (including phenoxy) is 1. The summed E-state index contributed by atoms with van der Waals surface area (Å²) in [5, 5.41) is 5.62. The first-order chi connectivity index (χ1) is 12.3. The molecule has 2 aromatic carbocycles. The number of hydrogen-bond donors (Lipinski definition) is 2. The van der Waals surface area contributed by atoms with Crippen molar-refractivity contribution in [1.29, 1.82) is 0 Å². The van der Waals surface area contributed by atoms with Crippen molar-refractivity contribution in [1.82, 2.24) is 5.32 Å². The van der Waals surface area contributed by atoms with Gasteiger partial charge >= 0.3 is 0 Å². The maximum absolute atomic E-state index is 11.9. The molecule has 0 heterocycles. The minimum atomic E-state index is -0.363. The summed E-state index contributed by atoms with van der Waals surface area (Å²) in [6.45, 7) is 1.35. The number of nitrogens with one attached hydrogen (secondary N) is 2. The number of amides is 2. The molecule has 0 aromatic heterocycles. The number of thiocarbonyl (C=S) groups is 1. The molecule has 0 radical (unpaired) electrons. The quantitative estimate of drug-likeness (QED) is 0.704. The van der Waals surface area contributed by atoms with Gasteiger partial charge in [-0.25, -0.2) is 0 Å². The molecule has 0 spiro atoms. The molecular weight excluding hydrogens is 418 g/mol. The third-order valence-corrected chi connectivity index (χ3v) is 4.15. The van der Waals surface area contributed by atoms with E-state index in [1.54, 1.807) is 43.4 Å². The van der Waals surface area contributed by atoms with Crippen molar-refractivity contribution in [3.05, 3.63) is 53.0 Å². The fraction of sp³-hybridized carbons (Fsp3) is 0.167. The number of carbonyl (C=O) groups is 2. The van der Waals surface area contributed by atoms with Crippen molar-refractivity contribution in [2.45, 2.75) is 6.92 Å². The molecule has 8 heteroatoms. The largest absolute Gasteiger partial charge is 0.484 e. The van der Waals surface area contributed by atoms with Crippen molar-refractivity contribution in [2.24, 2.45) is 0 Å². The van der Waals surface area contributed by atoms with Gasteiger partial charge in [0.05, 0.1) is 0 Å². The molecule has 136 valence electrons. The van der Waals surface area contributed by atoms with Crippen molar-refractivity contribution >= 4 is 56.4 Å². The van der Waals surface area contributed by atoms with E-state index >= 15 is 0 Å². The van der Waals surface area contributed by atoms with E-state index in [2.05, 4.69) is 26.6 Å². The third-order valence-electron chi connectivity index (χ3n) is 3.42. The van der Waals surface area contributed by atoms with Crippen LogP contribution in [0.15, 0.2) is 53.0 Å². The summed E-state index contributed by atoms with van der Waals surface area (Å²) in [5.74, 6) is 0.171. The van der Waals surface area contributed by atoms with E-state index in [4.69, 9.17) is 17.0 Å². The minimum absolute atomic E-state index is 0.0562. The third kappa shape index (κ3) is 6.12. The van der Waals surface area contributed by atoms with Gasteiger partial charge in [-0.3, -0.25) is 14.9 Å². The first-order valence-corrected chi connectivity index (χ1v) is 8.89. The first-order valence-electron chi connectivity index (χ1n) is 7.68. The van der Waals surface area contributed by atoms with Crippen LogP contribution in [0, 0.1) is 0 Å². The summed E-state index contributed by atoms with van der Waals surface area (Å²) in [6, 6.07) is 14.3. The summed E-state index contributed by atoms with van der Waals surface area (Å²) in [5.41, 5.74) is 1.46. The Morgan fingerprint density at radius 2 is 1.73 bits per heavy atom. The van der Waals surface area contributed by atoms with Gasteiger partial charge in [-0.2, -0.15) is 0 Å². The summed E-state index contributed by atoms with van der Waals surface area (Å²) in [6.07, 6.45) is 0. The van der Waals surface area contributed by atoms with E-state index in [0.717, 1.165) is 10.2 Å².